The highest BCUT2D eigenvalue weighted by Gasteiger charge is 2.19. The van der Waals surface area contributed by atoms with Crippen molar-refractivity contribution in [1.82, 2.24) is 4.98 Å². The molecule has 0 radical (unpaired) electrons. The molecule has 1 aromatic heterocycles. The zero-order valence-corrected chi connectivity index (χ0v) is 13.3. The highest BCUT2D eigenvalue weighted by atomic mass is 127. The number of hydrogen-bond donors (Lipinski definition) is 2. The van der Waals surface area contributed by atoms with E-state index in [0.717, 1.165) is 26.1 Å². The molecule has 0 spiro atoms. The number of H-pyrrole nitrogens is 1. The standard InChI is InChI=1S/C15H18INO/c1-8-6-5-7-12(13(8)16)15(18)14-10(3)9(2)11(4)17-14/h5-7,15,17-18H,1-4H3. The Morgan fingerprint density at radius 2 is 1.78 bits per heavy atom. The van der Waals surface area contributed by atoms with Crippen molar-refractivity contribution in [3.8, 4) is 0 Å². The minimum atomic E-state index is -0.579. The molecule has 2 N–H and O–H groups in total. The van der Waals surface area contributed by atoms with Crippen LogP contribution >= 0.6 is 22.6 Å². The molecule has 0 aliphatic heterocycles. The summed E-state index contributed by atoms with van der Waals surface area (Å²) in [6.45, 7) is 8.24. The zero-order chi connectivity index (χ0) is 13.4. The van der Waals surface area contributed by atoms with E-state index in [-0.39, 0.29) is 0 Å². The Morgan fingerprint density at radius 3 is 2.33 bits per heavy atom. The first kappa shape index (κ1) is 13.6. The van der Waals surface area contributed by atoms with Crippen molar-refractivity contribution in [2.45, 2.75) is 33.8 Å². The van der Waals surface area contributed by atoms with Gasteiger partial charge in [0.25, 0.3) is 0 Å². The summed E-state index contributed by atoms with van der Waals surface area (Å²) in [5.41, 5.74) is 6.59. The summed E-state index contributed by atoms with van der Waals surface area (Å²) in [5, 5.41) is 10.6. The smallest absolute Gasteiger partial charge is 0.120 e. The van der Waals surface area contributed by atoms with Crippen LogP contribution in [-0.4, -0.2) is 10.1 Å². The average Bonchev–Trinajstić information content (AvgIpc) is 2.60. The van der Waals surface area contributed by atoms with Crippen LogP contribution in [0.2, 0.25) is 0 Å². The summed E-state index contributed by atoms with van der Waals surface area (Å²) >= 11 is 2.30. The lowest BCUT2D eigenvalue weighted by atomic mass is 10.0. The Labute approximate surface area is 122 Å². The maximum atomic E-state index is 10.6. The lowest BCUT2D eigenvalue weighted by Gasteiger charge is -2.14. The van der Waals surface area contributed by atoms with Crippen molar-refractivity contribution in [3.63, 3.8) is 0 Å². The van der Waals surface area contributed by atoms with Crippen LogP contribution in [0.1, 0.15) is 39.7 Å². The molecule has 2 aromatic rings. The maximum Gasteiger partial charge on any atom is 0.120 e. The van der Waals surface area contributed by atoms with Gasteiger partial charge in [0, 0.05) is 14.8 Å². The van der Waals surface area contributed by atoms with Gasteiger partial charge in [-0.05, 0) is 67.0 Å². The SMILES string of the molecule is Cc1cccc(C(O)c2[nH]c(C)c(C)c2C)c1I. The van der Waals surface area contributed by atoms with Crippen molar-refractivity contribution in [1.29, 1.82) is 0 Å². The number of nitrogens with one attached hydrogen (secondary N) is 1. The van der Waals surface area contributed by atoms with Gasteiger partial charge in [-0.15, -0.1) is 0 Å². The lowest BCUT2D eigenvalue weighted by Crippen LogP contribution is -2.05. The van der Waals surface area contributed by atoms with Crippen LogP contribution < -0.4 is 0 Å². The Hall–Kier alpha value is -0.810. The Kier molecular flexibility index (Phi) is 3.82. The lowest BCUT2D eigenvalue weighted by molar-refractivity contribution is 0.214. The highest BCUT2D eigenvalue weighted by molar-refractivity contribution is 14.1. The van der Waals surface area contributed by atoms with Gasteiger partial charge in [-0.1, -0.05) is 18.2 Å². The predicted octanol–water partition coefficient (Wildman–Crippen LogP) is 3.93. The van der Waals surface area contributed by atoms with E-state index < -0.39 is 6.10 Å². The largest absolute Gasteiger partial charge is 0.382 e. The molecule has 1 heterocycles. The summed E-state index contributed by atoms with van der Waals surface area (Å²) in [6.07, 6.45) is -0.579. The Bertz CT molecular complexity index is 586. The normalized spacial score (nSPS) is 12.8. The number of benzene rings is 1. The molecule has 18 heavy (non-hydrogen) atoms. The fourth-order valence-corrected chi connectivity index (χ4v) is 2.84. The molecule has 0 bridgehead atoms. The van der Waals surface area contributed by atoms with E-state index in [9.17, 15) is 5.11 Å². The second-order valence-electron chi connectivity index (χ2n) is 4.79. The summed E-state index contributed by atoms with van der Waals surface area (Å²) in [4.78, 5) is 3.30. The van der Waals surface area contributed by atoms with E-state index in [1.54, 1.807) is 0 Å². The fourth-order valence-electron chi connectivity index (χ4n) is 2.18. The zero-order valence-electron chi connectivity index (χ0n) is 11.1. The Morgan fingerprint density at radius 1 is 1.11 bits per heavy atom. The molecule has 0 fully saturated rings. The first-order chi connectivity index (χ1) is 8.43. The predicted molar refractivity (Wildman–Crippen MR) is 83.0 cm³/mol. The second-order valence-corrected chi connectivity index (χ2v) is 5.87. The minimum absolute atomic E-state index is 0.579. The van der Waals surface area contributed by atoms with E-state index >= 15 is 0 Å². The first-order valence-corrected chi connectivity index (χ1v) is 7.10. The number of aromatic amines is 1. The van der Waals surface area contributed by atoms with Crippen molar-refractivity contribution < 1.29 is 5.11 Å². The third-order valence-electron chi connectivity index (χ3n) is 3.64. The number of halogens is 1. The van der Waals surface area contributed by atoms with Crippen LogP contribution in [0.4, 0.5) is 0 Å². The van der Waals surface area contributed by atoms with Crippen molar-refractivity contribution in [2.75, 3.05) is 0 Å². The summed E-state index contributed by atoms with van der Waals surface area (Å²) < 4.78 is 1.13. The molecule has 1 atom stereocenters. The van der Waals surface area contributed by atoms with E-state index in [4.69, 9.17) is 0 Å². The minimum Gasteiger partial charge on any atom is -0.382 e. The van der Waals surface area contributed by atoms with Gasteiger partial charge in [-0.25, -0.2) is 0 Å². The number of hydrogen-bond acceptors (Lipinski definition) is 1. The topological polar surface area (TPSA) is 36.0 Å². The van der Waals surface area contributed by atoms with E-state index in [2.05, 4.69) is 54.4 Å². The highest BCUT2D eigenvalue weighted by Crippen LogP contribution is 2.31. The summed E-state index contributed by atoms with van der Waals surface area (Å²) in [7, 11) is 0. The van der Waals surface area contributed by atoms with E-state index in [0.29, 0.717) is 0 Å². The van der Waals surface area contributed by atoms with E-state index in [1.165, 1.54) is 11.1 Å². The van der Waals surface area contributed by atoms with Crippen LogP contribution in [0, 0.1) is 31.3 Å². The molecule has 2 nitrogen and oxygen atoms in total. The molecule has 0 aliphatic carbocycles. The van der Waals surface area contributed by atoms with Crippen LogP contribution in [0.25, 0.3) is 0 Å². The van der Waals surface area contributed by atoms with Gasteiger partial charge in [0.2, 0.25) is 0 Å². The number of aryl methyl sites for hydroxylation is 2. The van der Waals surface area contributed by atoms with Gasteiger partial charge in [0.05, 0.1) is 5.69 Å². The molecule has 1 unspecified atom stereocenters. The molecular formula is C15H18INO. The molecule has 1 aromatic carbocycles. The monoisotopic (exact) mass is 355 g/mol. The van der Waals surface area contributed by atoms with Crippen LogP contribution in [0.3, 0.4) is 0 Å². The van der Waals surface area contributed by atoms with Crippen LogP contribution in [0.5, 0.6) is 0 Å². The fraction of sp³-hybridized carbons (Fsp3) is 0.333. The number of aromatic nitrogens is 1. The Balaban J connectivity index is 2.51. The van der Waals surface area contributed by atoms with Crippen molar-refractivity contribution in [3.05, 3.63) is 55.4 Å². The first-order valence-electron chi connectivity index (χ1n) is 6.02. The number of aliphatic hydroxyl groups excluding tert-OH is 1. The molecule has 2 rings (SSSR count). The quantitative estimate of drug-likeness (QED) is 0.787. The second kappa shape index (κ2) is 5.05. The summed E-state index contributed by atoms with van der Waals surface area (Å²) in [5.74, 6) is 0. The number of rotatable bonds is 2. The van der Waals surface area contributed by atoms with Gasteiger partial charge in [0.1, 0.15) is 6.10 Å². The molecule has 3 heteroatoms. The van der Waals surface area contributed by atoms with Gasteiger partial charge >= 0.3 is 0 Å². The van der Waals surface area contributed by atoms with Crippen LogP contribution in [0.15, 0.2) is 18.2 Å². The summed E-state index contributed by atoms with van der Waals surface area (Å²) in [6, 6.07) is 6.05. The van der Waals surface area contributed by atoms with Crippen molar-refractivity contribution in [2.24, 2.45) is 0 Å². The van der Waals surface area contributed by atoms with Crippen LogP contribution in [-0.2, 0) is 0 Å². The molecule has 96 valence electrons. The van der Waals surface area contributed by atoms with Gasteiger partial charge in [-0.2, -0.15) is 0 Å². The molecule has 0 saturated heterocycles. The average molecular weight is 355 g/mol. The van der Waals surface area contributed by atoms with Crippen molar-refractivity contribution >= 4 is 22.6 Å². The third-order valence-corrected chi connectivity index (χ3v) is 5.11. The van der Waals surface area contributed by atoms with Gasteiger partial charge in [-0.3, -0.25) is 0 Å². The van der Waals surface area contributed by atoms with E-state index in [1.807, 2.05) is 19.1 Å². The maximum absolute atomic E-state index is 10.6. The molecular weight excluding hydrogens is 337 g/mol. The number of aliphatic hydroxyl groups is 1. The van der Waals surface area contributed by atoms with Gasteiger partial charge < -0.3 is 10.1 Å². The third kappa shape index (κ3) is 2.21. The molecule has 0 aliphatic rings. The molecule has 0 saturated carbocycles. The molecule has 0 amide bonds. The van der Waals surface area contributed by atoms with Gasteiger partial charge in [0.15, 0.2) is 0 Å².